The normalized spacial score (nSPS) is 10.5. The first kappa shape index (κ1) is 17.5. The van der Waals surface area contributed by atoms with E-state index < -0.39 is 0 Å². The van der Waals surface area contributed by atoms with Crippen LogP contribution < -0.4 is 5.32 Å². The number of halogens is 1. The van der Waals surface area contributed by atoms with Crippen LogP contribution >= 0.6 is 23.4 Å². The molecule has 1 heterocycles. The van der Waals surface area contributed by atoms with Gasteiger partial charge in [-0.1, -0.05) is 53.2 Å². The van der Waals surface area contributed by atoms with E-state index in [4.69, 9.17) is 11.6 Å². The molecule has 1 aromatic heterocycles. The van der Waals surface area contributed by atoms with Crippen molar-refractivity contribution in [3.8, 4) is 11.3 Å². The third-order valence-electron chi connectivity index (χ3n) is 3.47. The highest BCUT2D eigenvalue weighted by Crippen LogP contribution is 2.20. The van der Waals surface area contributed by atoms with Crippen molar-refractivity contribution in [2.75, 3.05) is 11.1 Å². The minimum atomic E-state index is -0.100. The fraction of sp³-hybridized carbons (Fsp3) is 0.105. The smallest absolute Gasteiger partial charge is 0.234 e. The summed E-state index contributed by atoms with van der Waals surface area (Å²) >= 11 is 7.17. The SMILES string of the molecule is Cc1ccc(-c2ccc(SCC(=O)Nc3ccc(Cl)cc3)nn2)cc1. The number of hydrogen-bond donors (Lipinski definition) is 1. The number of anilines is 1. The summed E-state index contributed by atoms with van der Waals surface area (Å²) in [7, 11) is 0. The standard InChI is InChI=1S/C19H16ClN3OS/c1-13-2-4-14(5-3-13)17-10-11-19(23-22-17)25-12-18(24)21-16-8-6-15(20)7-9-16/h2-11H,12H2,1H3,(H,21,24). The highest BCUT2D eigenvalue weighted by molar-refractivity contribution is 7.99. The molecule has 0 fully saturated rings. The van der Waals surface area contributed by atoms with Gasteiger partial charge in [0.25, 0.3) is 0 Å². The van der Waals surface area contributed by atoms with Gasteiger partial charge in [0.15, 0.2) is 0 Å². The lowest BCUT2D eigenvalue weighted by atomic mass is 10.1. The molecule has 0 aliphatic carbocycles. The molecule has 126 valence electrons. The number of aromatic nitrogens is 2. The molecule has 3 aromatic rings. The zero-order chi connectivity index (χ0) is 17.6. The second-order valence-electron chi connectivity index (χ2n) is 5.47. The summed E-state index contributed by atoms with van der Waals surface area (Å²) < 4.78 is 0. The Bertz CT molecular complexity index is 849. The Hall–Kier alpha value is -2.37. The van der Waals surface area contributed by atoms with Crippen LogP contribution in [-0.4, -0.2) is 21.9 Å². The van der Waals surface area contributed by atoms with Crippen molar-refractivity contribution in [2.24, 2.45) is 0 Å². The van der Waals surface area contributed by atoms with E-state index in [1.165, 1.54) is 17.3 Å². The van der Waals surface area contributed by atoms with Gasteiger partial charge in [0.05, 0.1) is 11.4 Å². The number of carbonyl (C=O) groups is 1. The lowest BCUT2D eigenvalue weighted by Gasteiger charge is -2.05. The predicted octanol–water partition coefficient (Wildman–Crippen LogP) is 4.84. The fourth-order valence-electron chi connectivity index (χ4n) is 2.15. The zero-order valence-corrected chi connectivity index (χ0v) is 15.1. The van der Waals surface area contributed by atoms with Gasteiger partial charge in [-0.3, -0.25) is 4.79 Å². The molecular formula is C19H16ClN3OS. The molecule has 0 bridgehead atoms. The number of rotatable bonds is 5. The number of aryl methyl sites for hydroxylation is 1. The first-order chi connectivity index (χ1) is 12.1. The zero-order valence-electron chi connectivity index (χ0n) is 13.6. The first-order valence-electron chi connectivity index (χ1n) is 7.69. The number of nitrogens with one attached hydrogen (secondary N) is 1. The molecule has 0 atom stereocenters. The highest BCUT2D eigenvalue weighted by atomic mass is 35.5. The number of benzene rings is 2. The summed E-state index contributed by atoms with van der Waals surface area (Å²) in [6.45, 7) is 2.05. The summed E-state index contributed by atoms with van der Waals surface area (Å²) in [4.78, 5) is 12.0. The van der Waals surface area contributed by atoms with Crippen LogP contribution in [0.4, 0.5) is 5.69 Å². The lowest BCUT2D eigenvalue weighted by molar-refractivity contribution is -0.113. The van der Waals surface area contributed by atoms with E-state index in [9.17, 15) is 4.79 Å². The van der Waals surface area contributed by atoms with Crippen molar-refractivity contribution in [3.05, 3.63) is 71.2 Å². The van der Waals surface area contributed by atoms with Gasteiger partial charge in [0.2, 0.25) is 5.91 Å². The van der Waals surface area contributed by atoms with E-state index in [1.807, 2.05) is 43.3 Å². The first-order valence-corrected chi connectivity index (χ1v) is 9.05. The molecular weight excluding hydrogens is 354 g/mol. The van der Waals surface area contributed by atoms with Crippen molar-refractivity contribution in [2.45, 2.75) is 11.9 Å². The van der Waals surface area contributed by atoms with E-state index in [-0.39, 0.29) is 11.7 Å². The third-order valence-corrected chi connectivity index (χ3v) is 4.64. The molecule has 25 heavy (non-hydrogen) atoms. The molecule has 0 aliphatic rings. The maximum Gasteiger partial charge on any atom is 0.234 e. The third kappa shape index (κ3) is 5.05. The van der Waals surface area contributed by atoms with Gasteiger partial charge in [-0.15, -0.1) is 10.2 Å². The second-order valence-corrected chi connectivity index (χ2v) is 6.90. The summed E-state index contributed by atoms with van der Waals surface area (Å²) in [6, 6.07) is 18.9. The maximum absolute atomic E-state index is 12.0. The maximum atomic E-state index is 12.0. The number of amides is 1. The van der Waals surface area contributed by atoms with Crippen molar-refractivity contribution in [1.82, 2.24) is 10.2 Å². The summed E-state index contributed by atoms with van der Waals surface area (Å²) in [5, 5.41) is 12.6. The van der Waals surface area contributed by atoms with Crippen LogP contribution in [0.2, 0.25) is 5.02 Å². The Labute approximate surface area is 155 Å². The average Bonchev–Trinajstić information content (AvgIpc) is 2.63. The molecule has 0 unspecified atom stereocenters. The van der Waals surface area contributed by atoms with E-state index in [1.54, 1.807) is 24.3 Å². The average molecular weight is 370 g/mol. The topological polar surface area (TPSA) is 54.9 Å². The minimum Gasteiger partial charge on any atom is -0.325 e. The molecule has 0 saturated heterocycles. The number of hydrogen-bond acceptors (Lipinski definition) is 4. The monoisotopic (exact) mass is 369 g/mol. The lowest BCUT2D eigenvalue weighted by Crippen LogP contribution is -2.14. The predicted molar refractivity (Wildman–Crippen MR) is 103 cm³/mol. The largest absolute Gasteiger partial charge is 0.325 e. The molecule has 4 nitrogen and oxygen atoms in total. The molecule has 0 spiro atoms. The highest BCUT2D eigenvalue weighted by Gasteiger charge is 2.06. The Morgan fingerprint density at radius 1 is 1.00 bits per heavy atom. The number of carbonyl (C=O) groups excluding carboxylic acids is 1. The van der Waals surface area contributed by atoms with E-state index in [2.05, 4.69) is 15.5 Å². The van der Waals surface area contributed by atoms with Crippen molar-refractivity contribution in [1.29, 1.82) is 0 Å². The molecule has 3 rings (SSSR count). The number of nitrogens with zero attached hydrogens (tertiary/aromatic N) is 2. The van der Waals surface area contributed by atoms with Crippen molar-refractivity contribution in [3.63, 3.8) is 0 Å². The van der Waals surface area contributed by atoms with Gasteiger partial charge in [0, 0.05) is 16.3 Å². The molecule has 0 radical (unpaired) electrons. The molecule has 0 saturated carbocycles. The van der Waals surface area contributed by atoms with Gasteiger partial charge in [-0.2, -0.15) is 0 Å². The second kappa shape index (κ2) is 8.14. The fourth-order valence-corrected chi connectivity index (χ4v) is 2.89. The van der Waals surface area contributed by atoms with Crippen LogP contribution in [0, 0.1) is 6.92 Å². The molecule has 6 heteroatoms. The van der Waals surface area contributed by atoms with Gasteiger partial charge in [-0.25, -0.2) is 0 Å². The summed E-state index contributed by atoms with van der Waals surface area (Å²) in [6.07, 6.45) is 0. The van der Waals surface area contributed by atoms with Crippen molar-refractivity contribution < 1.29 is 4.79 Å². The van der Waals surface area contributed by atoms with E-state index in [0.717, 1.165) is 16.9 Å². The van der Waals surface area contributed by atoms with E-state index >= 15 is 0 Å². The Balaban J connectivity index is 1.55. The Kier molecular flexibility index (Phi) is 5.68. The van der Waals surface area contributed by atoms with E-state index in [0.29, 0.717) is 10.0 Å². The van der Waals surface area contributed by atoms with Crippen LogP contribution in [0.15, 0.2) is 65.7 Å². The van der Waals surface area contributed by atoms with Gasteiger partial charge in [0.1, 0.15) is 5.03 Å². The molecule has 1 amide bonds. The van der Waals surface area contributed by atoms with Gasteiger partial charge < -0.3 is 5.32 Å². The van der Waals surface area contributed by atoms with Crippen LogP contribution in [-0.2, 0) is 4.79 Å². The summed E-state index contributed by atoms with van der Waals surface area (Å²) in [5.74, 6) is 0.165. The number of thioether (sulfide) groups is 1. The van der Waals surface area contributed by atoms with Gasteiger partial charge >= 0.3 is 0 Å². The minimum absolute atomic E-state index is 0.100. The van der Waals surface area contributed by atoms with Crippen LogP contribution in [0.1, 0.15) is 5.56 Å². The quantitative estimate of drug-likeness (QED) is 0.654. The Morgan fingerprint density at radius 3 is 2.36 bits per heavy atom. The van der Waals surface area contributed by atoms with Crippen LogP contribution in [0.5, 0.6) is 0 Å². The summed E-state index contributed by atoms with van der Waals surface area (Å²) in [5.41, 5.74) is 3.76. The molecule has 1 N–H and O–H groups in total. The Morgan fingerprint density at radius 2 is 1.72 bits per heavy atom. The molecule has 2 aromatic carbocycles. The molecule has 0 aliphatic heterocycles. The van der Waals surface area contributed by atoms with Gasteiger partial charge in [-0.05, 0) is 43.3 Å². The van der Waals surface area contributed by atoms with Crippen molar-refractivity contribution >= 4 is 35.0 Å². The van der Waals surface area contributed by atoms with Crippen LogP contribution in [0.3, 0.4) is 0 Å². The van der Waals surface area contributed by atoms with Crippen LogP contribution in [0.25, 0.3) is 11.3 Å².